The molecule has 0 spiro atoms. The van der Waals surface area contributed by atoms with Gasteiger partial charge in [-0.25, -0.2) is 0 Å². The standard InChI is InChI=1S/C6H9NO2S/c1-6(7)2-3-10-4(6)5(8)9/h2-4H,7H2,1H3,(H,8,9). The Labute approximate surface area is 63.3 Å². The fourth-order valence-corrected chi connectivity index (χ4v) is 1.84. The van der Waals surface area contributed by atoms with E-state index in [1.54, 1.807) is 18.4 Å². The summed E-state index contributed by atoms with van der Waals surface area (Å²) in [6.07, 6.45) is 1.72. The molecule has 2 unspecified atom stereocenters. The van der Waals surface area contributed by atoms with Crippen LogP contribution in [0, 0.1) is 0 Å². The highest BCUT2D eigenvalue weighted by molar-refractivity contribution is 8.03. The van der Waals surface area contributed by atoms with E-state index in [9.17, 15) is 4.79 Å². The van der Waals surface area contributed by atoms with Crippen LogP contribution in [0.3, 0.4) is 0 Å². The zero-order valence-electron chi connectivity index (χ0n) is 5.57. The summed E-state index contributed by atoms with van der Waals surface area (Å²) in [6.45, 7) is 1.71. The molecule has 0 aromatic heterocycles. The zero-order valence-corrected chi connectivity index (χ0v) is 6.39. The van der Waals surface area contributed by atoms with Crippen LogP contribution in [0.1, 0.15) is 6.92 Å². The first-order valence-electron chi connectivity index (χ1n) is 2.89. The maximum Gasteiger partial charge on any atom is 0.319 e. The van der Waals surface area contributed by atoms with E-state index in [-0.39, 0.29) is 0 Å². The fourth-order valence-electron chi connectivity index (χ4n) is 0.823. The minimum absolute atomic E-state index is 0.521. The third-order valence-corrected chi connectivity index (χ3v) is 2.71. The van der Waals surface area contributed by atoms with Crippen molar-refractivity contribution in [3.05, 3.63) is 11.5 Å². The maximum absolute atomic E-state index is 10.5. The van der Waals surface area contributed by atoms with E-state index in [0.717, 1.165) is 0 Å². The Bertz CT molecular complexity index is 188. The molecule has 0 fully saturated rings. The predicted octanol–water partition coefficient (Wildman–Crippen LogP) is 0.418. The molecular formula is C6H9NO2S. The number of carbonyl (C=O) groups is 1. The van der Waals surface area contributed by atoms with E-state index in [1.807, 2.05) is 0 Å². The molecule has 0 saturated carbocycles. The quantitative estimate of drug-likeness (QED) is 0.582. The van der Waals surface area contributed by atoms with Gasteiger partial charge in [0.05, 0.1) is 5.54 Å². The van der Waals surface area contributed by atoms with Gasteiger partial charge in [0.1, 0.15) is 5.25 Å². The molecule has 2 atom stereocenters. The molecule has 0 aromatic carbocycles. The van der Waals surface area contributed by atoms with E-state index < -0.39 is 16.8 Å². The minimum Gasteiger partial charge on any atom is -0.480 e. The number of aliphatic carboxylic acids is 1. The van der Waals surface area contributed by atoms with Crippen molar-refractivity contribution in [2.45, 2.75) is 17.7 Å². The molecule has 1 rings (SSSR count). The molecule has 0 saturated heterocycles. The smallest absolute Gasteiger partial charge is 0.319 e. The first kappa shape index (κ1) is 7.63. The van der Waals surface area contributed by atoms with Crippen LogP contribution in [0.25, 0.3) is 0 Å². The lowest BCUT2D eigenvalue weighted by molar-refractivity contribution is -0.137. The Morgan fingerprint density at radius 3 is 2.70 bits per heavy atom. The normalized spacial score (nSPS) is 38.4. The molecular weight excluding hydrogens is 150 g/mol. The topological polar surface area (TPSA) is 63.3 Å². The molecule has 3 N–H and O–H groups in total. The van der Waals surface area contributed by atoms with Crippen LogP contribution in [0.5, 0.6) is 0 Å². The Hall–Kier alpha value is -0.480. The van der Waals surface area contributed by atoms with Crippen LogP contribution in [-0.4, -0.2) is 21.9 Å². The first-order chi connectivity index (χ1) is 4.54. The molecule has 4 heteroatoms. The highest BCUT2D eigenvalue weighted by atomic mass is 32.2. The van der Waals surface area contributed by atoms with Gasteiger partial charge in [0.2, 0.25) is 0 Å². The molecule has 1 aliphatic rings. The summed E-state index contributed by atoms with van der Waals surface area (Å²) < 4.78 is 0. The lowest BCUT2D eigenvalue weighted by Gasteiger charge is -2.20. The maximum atomic E-state index is 10.5. The first-order valence-corrected chi connectivity index (χ1v) is 3.83. The van der Waals surface area contributed by atoms with Gasteiger partial charge in [-0.15, -0.1) is 11.8 Å². The summed E-state index contributed by atoms with van der Waals surface area (Å²) in [5.41, 5.74) is 4.95. The largest absolute Gasteiger partial charge is 0.480 e. The van der Waals surface area contributed by atoms with Gasteiger partial charge in [-0.1, -0.05) is 6.08 Å². The van der Waals surface area contributed by atoms with E-state index in [1.165, 1.54) is 11.8 Å². The second-order valence-corrected chi connectivity index (χ2v) is 3.54. The lowest BCUT2D eigenvalue weighted by Crippen LogP contribution is -2.46. The zero-order chi connectivity index (χ0) is 7.78. The second-order valence-electron chi connectivity index (χ2n) is 2.52. The van der Waals surface area contributed by atoms with E-state index in [4.69, 9.17) is 10.8 Å². The van der Waals surface area contributed by atoms with Gasteiger partial charge in [0.25, 0.3) is 0 Å². The summed E-state index contributed by atoms with van der Waals surface area (Å²) in [5, 5.41) is 9.82. The summed E-state index contributed by atoms with van der Waals surface area (Å²) in [5.74, 6) is -0.847. The molecule has 0 radical (unpaired) electrons. The van der Waals surface area contributed by atoms with Crippen LogP contribution in [-0.2, 0) is 4.79 Å². The number of hydrogen-bond donors (Lipinski definition) is 2. The van der Waals surface area contributed by atoms with Crippen molar-refractivity contribution in [2.75, 3.05) is 0 Å². The molecule has 0 aliphatic carbocycles. The molecule has 0 aromatic rings. The van der Waals surface area contributed by atoms with Gasteiger partial charge < -0.3 is 10.8 Å². The SMILES string of the molecule is CC1(N)C=CSC1C(=O)O. The average molecular weight is 159 g/mol. The third-order valence-electron chi connectivity index (χ3n) is 1.43. The second kappa shape index (κ2) is 2.29. The molecule has 3 nitrogen and oxygen atoms in total. The van der Waals surface area contributed by atoms with Crippen molar-refractivity contribution < 1.29 is 9.90 Å². The number of thioether (sulfide) groups is 1. The number of carboxylic acid groups (broad SMARTS) is 1. The van der Waals surface area contributed by atoms with Crippen molar-refractivity contribution >= 4 is 17.7 Å². The Kier molecular flexibility index (Phi) is 1.74. The van der Waals surface area contributed by atoms with Gasteiger partial charge in [-0.3, -0.25) is 4.79 Å². The summed E-state index contributed by atoms with van der Waals surface area (Å²) in [6, 6.07) is 0. The highest BCUT2D eigenvalue weighted by Crippen LogP contribution is 2.30. The molecule has 10 heavy (non-hydrogen) atoms. The number of carboxylic acids is 1. The predicted molar refractivity (Wildman–Crippen MR) is 40.7 cm³/mol. The highest BCUT2D eigenvalue weighted by Gasteiger charge is 2.37. The van der Waals surface area contributed by atoms with Crippen molar-refractivity contribution in [3.8, 4) is 0 Å². The third kappa shape index (κ3) is 1.17. The van der Waals surface area contributed by atoms with Gasteiger partial charge in [0, 0.05) is 0 Å². The van der Waals surface area contributed by atoms with E-state index >= 15 is 0 Å². The summed E-state index contributed by atoms with van der Waals surface area (Å²) >= 11 is 1.25. The van der Waals surface area contributed by atoms with Crippen LogP contribution >= 0.6 is 11.8 Å². The summed E-state index contributed by atoms with van der Waals surface area (Å²) in [4.78, 5) is 10.5. The van der Waals surface area contributed by atoms with Crippen molar-refractivity contribution in [3.63, 3.8) is 0 Å². The number of hydrogen-bond acceptors (Lipinski definition) is 3. The number of nitrogens with two attached hydrogens (primary N) is 1. The lowest BCUT2D eigenvalue weighted by atomic mass is 10.00. The average Bonchev–Trinajstić information content (AvgIpc) is 2.08. The molecule has 0 bridgehead atoms. The molecule has 1 aliphatic heterocycles. The van der Waals surface area contributed by atoms with Crippen molar-refractivity contribution in [2.24, 2.45) is 5.73 Å². The Balaban J connectivity index is 2.75. The molecule has 0 amide bonds. The van der Waals surface area contributed by atoms with Crippen LogP contribution in [0.2, 0.25) is 0 Å². The monoisotopic (exact) mass is 159 g/mol. The van der Waals surface area contributed by atoms with E-state index in [0.29, 0.717) is 0 Å². The van der Waals surface area contributed by atoms with Gasteiger partial charge in [0.15, 0.2) is 0 Å². The van der Waals surface area contributed by atoms with Gasteiger partial charge in [-0.2, -0.15) is 0 Å². The van der Waals surface area contributed by atoms with Crippen LogP contribution < -0.4 is 5.73 Å². The Morgan fingerprint density at radius 1 is 1.90 bits per heavy atom. The van der Waals surface area contributed by atoms with Crippen molar-refractivity contribution in [1.82, 2.24) is 0 Å². The van der Waals surface area contributed by atoms with E-state index in [2.05, 4.69) is 0 Å². The molecule has 56 valence electrons. The van der Waals surface area contributed by atoms with Crippen LogP contribution in [0.4, 0.5) is 0 Å². The van der Waals surface area contributed by atoms with Gasteiger partial charge in [-0.05, 0) is 12.3 Å². The molecule has 1 heterocycles. The summed E-state index contributed by atoms with van der Waals surface area (Å²) in [7, 11) is 0. The number of rotatable bonds is 1. The van der Waals surface area contributed by atoms with Crippen LogP contribution in [0.15, 0.2) is 11.5 Å². The Morgan fingerprint density at radius 2 is 2.50 bits per heavy atom. The van der Waals surface area contributed by atoms with Gasteiger partial charge >= 0.3 is 5.97 Å². The van der Waals surface area contributed by atoms with Crippen molar-refractivity contribution in [1.29, 1.82) is 0 Å². The minimum atomic E-state index is -0.847. The fraction of sp³-hybridized carbons (Fsp3) is 0.500.